The summed E-state index contributed by atoms with van der Waals surface area (Å²) in [5, 5.41) is 0. The van der Waals surface area contributed by atoms with Crippen LogP contribution in [0.15, 0.2) is 28.7 Å². The van der Waals surface area contributed by atoms with Crippen molar-refractivity contribution in [2.24, 2.45) is 5.73 Å². The molecule has 0 aliphatic heterocycles. The number of nitrogens with zero attached hydrogens (tertiary/aromatic N) is 1. The Hall–Kier alpha value is -1.55. The largest absolute Gasteiger partial charge is 0.366 e. The van der Waals surface area contributed by atoms with Gasteiger partial charge in [-0.1, -0.05) is 35.0 Å². The van der Waals surface area contributed by atoms with E-state index in [-0.39, 0.29) is 5.91 Å². The molecule has 4 heteroatoms. The lowest BCUT2D eigenvalue weighted by molar-refractivity contribution is 0.0999. The van der Waals surface area contributed by atoms with Gasteiger partial charge in [0.2, 0.25) is 0 Å². The highest BCUT2D eigenvalue weighted by Gasteiger charge is 2.21. The number of carbonyl (C=O) groups is 1. The summed E-state index contributed by atoms with van der Waals surface area (Å²) >= 11 is 3.45. The fraction of sp³-hybridized carbons (Fsp3) is 0.312. The predicted molar refractivity (Wildman–Crippen MR) is 85.9 cm³/mol. The number of nitrogens with two attached hydrogens (primary N) is 1. The summed E-state index contributed by atoms with van der Waals surface area (Å²) in [6, 6.07) is 8.14. The number of aromatic nitrogens is 1. The molecule has 0 unspecified atom stereocenters. The quantitative estimate of drug-likeness (QED) is 0.900. The van der Waals surface area contributed by atoms with Crippen molar-refractivity contribution < 1.29 is 4.79 Å². The van der Waals surface area contributed by atoms with Crippen LogP contribution < -0.4 is 5.73 Å². The van der Waals surface area contributed by atoms with Crippen molar-refractivity contribution in [1.29, 1.82) is 0 Å². The fourth-order valence-electron chi connectivity index (χ4n) is 2.74. The lowest BCUT2D eigenvalue weighted by atomic mass is 10.1. The first-order valence-electron chi connectivity index (χ1n) is 6.72. The number of hydrogen-bond acceptors (Lipinski definition) is 1. The third-order valence-electron chi connectivity index (χ3n) is 3.58. The molecule has 0 fully saturated rings. The van der Waals surface area contributed by atoms with Crippen LogP contribution in [0.25, 0.3) is 11.3 Å². The summed E-state index contributed by atoms with van der Waals surface area (Å²) in [5.74, 6) is -0.354. The minimum atomic E-state index is -0.354. The van der Waals surface area contributed by atoms with E-state index in [1.165, 1.54) is 0 Å². The van der Waals surface area contributed by atoms with E-state index in [2.05, 4.69) is 39.6 Å². The number of halogens is 1. The van der Waals surface area contributed by atoms with Gasteiger partial charge in [-0.25, -0.2) is 0 Å². The SMILES string of the molecule is CCCn1c(C)c(C(N)=O)c(C)c1-c1ccc(Br)cc1. The molecule has 0 aliphatic carbocycles. The summed E-state index contributed by atoms with van der Waals surface area (Å²) in [4.78, 5) is 11.7. The molecule has 1 amide bonds. The summed E-state index contributed by atoms with van der Waals surface area (Å²) < 4.78 is 3.23. The van der Waals surface area contributed by atoms with Crippen molar-refractivity contribution in [2.75, 3.05) is 0 Å². The van der Waals surface area contributed by atoms with Gasteiger partial charge in [0.05, 0.1) is 11.3 Å². The van der Waals surface area contributed by atoms with Gasteiger partial charge in [0.25, 0.3) is 5.91 Å². The van der Waals surface area contributed by atoms with Gasteiger partial charge in [-0.2, -0.15) is 0 Å². The molecule has 0 spiro atoms. The maximum atomic E-state index is 11.7. The Bertz CT molecular complexity index is 641. The predicted octanol–water partition coefficient (Wildman–Crippen LogP) is 4.04. The number of benzene rings is 1. The van der Waals surface area contributed by atoms with Crippen LogP contribution in [0.1, 0.15) is 35.0 Å². The standard InChI is InChI=1S/C16H19BrN2O/c1-4-9-19-11(3)14(16(18)20)10(2)15(19)12-5-7-13(17)8-6-12/h5-8H,4,9H2,1-3H3,(H2,18,20). The molecule has 0 atom stereocenters. The summed E-state index contributed by atoms with van der Waals surface area (Å²) in [6.07, 6.45) is 1.01. The van der Waals surface area contributed by atoms with Gasteiger partial charge >= 0.3 is 0 Å². The molecular formula is C16H19BrN2O. The van der Waals surface area contributed by atoms with E-state index < -0.39 is 0 Å². The average molecular weight is 335 g/mol. The average Bonchev–Trinajstić information content (AvgIpc) is 2.63. The Morgan fingerprint density at radius 3 is 2.35 bits per heavy atom. The number of primary amides is 1. The molecule has 20 heavy (non-hydrogen) atoms. The third-order valence-corrected chi connectivity index (χ3v) is 4.11. The highest BCUT2D eigenvalue weighted by molar-refractivity contribution is 9.10. The number of hydrogen-bond donors (Lipinski definition) is 1. The molecule has 2 N–H and O–H groups in total. The van der Waals surface area contributed by atoms with Crippen LogP contribution in [0.4, 0.5) is 0 Å². The molecule has 0 aliphatic rings. The van der Waals surface area contributed by atoms with Crippen LogP contribution in [0, 0.1) is 13.8 Å². The van der Waals surface area contributed by atoms with E-state index in [4.69, 9.17) is 5.73 Å². The first kappa shape index (κ1) is 14.9. The first-order valence-corrected chi connectivity index (χ1v) is 7.52. The Morgan fingerprint density at radius 1 is 1.25 bits per heavy atom. The molecule has 1 aromatic carbocycles. The second-order valence-electron chi connectivity index (χ2n) is 4.96. The lowest BCUT2D eigenvalue weighted by Gasteiger charge is -2.11. The number of rotatable bonds is 4. The molecule has 0 radical (unpaired) electrons. The monoisotopic (exact) mass is 334 g/mol. The van der Waals surface area contributed by atoms with E-state index in [0.29, 0.717) is 5.56 Å². The third kappa shape index (κ3) is 2.52. The normalized spacial score (nSPS) is 10.8. The van der Waals surface area contributed by atoms with E-state index in [0.717, 1.165) is 40.0 Å². The van der Waals surface area contributed by atoms with Crippen LogP contribution in [0.2, 0.25) is 0 Å². The molecule has 3 nitrogen and oxygen atoms in total. The van der Waals surface area contributed by atoms with Gasteiger partial charge in [0, 0.05) is 16.7 Å². The maximum absolute atomic E-state index is 11.7. The van der Waals surface area contributed by atoms with Crippen LogP contribution in [-0.4, -0.2) is 10.5 Å². The van der Waals surface area contributed by atoms with Crippen LogP contribution >= 0.6 is 15.9 Å². The smallest absolute Gasteiger partial charge is 0.250 e. The highest BCUT2D eigenvalue weighted by atomic mass is 79.9. The molecular weight excluding hydrogens is 316 g/mol. The second kappa shape index (κ2) is 5.83. The molecule has 106 valence electrons. The molecule has 0 saturated heterocycles. The summed E-state index contributed by atoms with van der Waals surface area (Å²) in [6.45, 7) is 6.94. The Kier molecular flexibility index (Phi) is 4.33. The highest BCUT2D eigenvalue weighted by Crippen LogP contribution is 2.32. The Labute approximate surface area is 127 Å². The van der Waals surface area contributed by atoms with Crippen molar-refractivity contribution in [2.45, 2.75) is 33.7 Å². The van der Waals surface area contributed by atoms with Gasteiger partial charge in [0.1, 0.15) is 0 Å². The van der Waals surface area contributed by atoms with Gasteiger partial charge in [0.15, 0.2) is 0 Å². The Balaban J connectivity index is 2.70. The fourth-order valence-corrected chi connectivity index (χ4v) is 3.01. The minimum absolute atomic E-state index is 0.354. The van der Waals surface area contributed by atoms with Crippen molar-refractivity contribution in [1.82, 2.24) is 4.57 Å². The van der Waals surface area contributed by atoms with Gasteiger partial charge in [-0.15, -0.1) is 0 Å². The van der Waals surface area contributed by atoms with Crippen LogP contribution in [0.5, 0.6) is 0 Å². The Morgan fingerprint density at radius 2 is 1.85 bits per heavy atom. The van der Waals surface area contributed by atoms with Gasteiger partial charge in [-0.3, -0.25) is 4.79 Å². The summed E-state index contributed by atoms with van der Waals surface area (Å²) in [7, 11) is 0. The molecule has 1 heterocycles. The second-order valence-corrected chi connectivity index (χ2v) is 5.87. The zero-order valence-electron chi connectivity index (χ0n) is 12.0. The van der Waals surface area contributed by atoms with E-state index in [1.807, 2.05) is 26.0 Å². The molecule has 2 rings (SSSR count). The minimum Gasteiger partial charge on any atom is -0.366 e. The van der Waals surface area contributed by atoms with Crippen molar-refractivity contribution in [3.05, 3.63) is 45.6 Å². The topological polar surface area (TPSA) is 48.0 Å². The number of amides is 1. The first-order chi connectivity index (χ1) is 9.47. The zero-order chi connectivity index (χ0) is 14.9. The summed E-state index contributed by atoms with van der Waals surface area (Å²) in [5.41, 5.74) is 10.3. The van der Waals surface area contributed by atoms with E-state index in [1.54, 1.807) is 0 Å². The lowest BCUT2D eigenvalue weighted by Crippen LogP contribution is -2.13. The number of carbonyl (C=O) groups excluding carboxylic acids is 1. The molecule has 1 aromatic heterocycles. The molecule has 0 bridgehead atoms. The van der Waals surface area contributed by atoms with E-state index >= 15 is 0 Å². The van der Waals surface area contributed by atoms with Crippen LogP contribution in [0.3, 0.4) is 0 Å². The van der Waals surface area contributed by atoms with Crippen molar-refractivity contribution in [3.8, 4) is 11.3 Å². The zero-order valence-corrected chi connectivity index (χ0v) is 13.6. The maximum Gasteiger partial charge on any atom is 0.250 e. The molecule has 2 aromatic rings. The van der Waals surface area contributed by atoms with Crippen molar-refractivity contribution in [3.63, 3.8) is 0 Å². The van der Waals surface area contributed by atoms with Crippen LogP contribution in [-0.2, 0) is 6.54 Å². The van der Waals surface area contributed by atoms with Crippen molar-refractivity contribution >= 4 is 21.8 Å². The molecule has 0 saturated carbocycles. The van der Waals surface area contributed by atoms with Gasteiger partial charge < -0.3 is 10.3 Å². The van der Waals surface area contributed by atoms with Gasteiger partial charge in [-0.05, 0) is 43.5 Å². The van der Waals surface area contributed by atoms with E-state index in [9.17, 15) is 4.79 Å².